The van der Waals surface area contributed by atoms with Crippen LogP contribution in [0, 0.1) is 6.92 Å². The number of nitrogens with one attached hydrogen (secondary N) is 1. The minimum atomic E-state index is -4.56. The number of nitrogens with zero attached hydrogens (tertiary/aromatic N) is 4. The molecule has 0 atom stereocenters. The van der Waals surface area contributed by atoms with E-state index in [1.807, 2.05) is 0 Å². The zero-order chi connectivity index (χ0) is 20.9. The largest absolute Gasteiger partial charge is 0.845 e. The number of hydrogen-bond donors (Lipinski definition) is 1. The zero-order valence-electron chi connectivity index (χ0n) is 14.7. The maximum atomic E-state index is 12.5. The average Bonchev–Trinajstić information content (AvgIpc) is 2.58. The molecule has 0 radical (unpaired) electrons. The first-order valence-corrected chi connectivity index (χ1v) is 9.14. The van der Waals surface area contributed by atoms with Gasteiger partial charge in [-0.2, -0.15) is 40.9 Å². The van der Waals surface area contributed by atoms with Gasteiger partial charge in [0.2, 0.25) is 5.95 Å². The highest BCUT2D eigenvalue weighted by atomic mass is 32.2. The van der Waals surface area contributed by atoms with Gasteiger partial charge in [0.15, 0.2) is 0 Å². The summed E-state index contributed by atoms with van der Waals surface area (Å²) in [4.78, 5) is 10.8. The maximum Gasteiger partial charge on any atom is 0.389 e. The summed E-state index contributed by atoms with van der Waals surface area (Å²) in [6.45, 7) is 1.49. The first-order chi connectivity index (χ1) is 13.0. The summed E-state index contributed by atoms with van der Waals surface area (Å²) in [5, 5.41) is 14.0. The third-order valence-electron chi connectivity index (χ3n) is 3.26. The van der Waals surface area contributed by atoms with Crippen molar-refractivity contribution in [3.05, 3.63) is 35.7 Å². The van der Waals surface area contributed by atoms with Crippen LogP contribution in [0.2, 0.25) is 0 Å². The van der Waals surface area contributed by atoms with E-state index in [4.69, 9.17) is 4.74 Å². The number of sulfonamides is 1. The van der Waals surface area contributed by atoms with Crippen molar-refractivity contribution in [2.45, 2.75) is 30.8 Å². The second kappa shape index (κ2) is 8.37. The van der Waals surface area contributed by atoms with Gasteiger partial charge in [-0.1, -0.05) is 18.2 Å². The summed E-state index contributed by atoms with van der Waals surface area (Å²) in [5.74, 6) is -0.0961. The fourth-order valence-electron chi connectivity index (χ4n) is 2.12. The minimum absolute atomic E-state index is 0.103. The molecule has 2 rings (SSSR count). The molecule has 1 N–H and O–H groups in total. The summed E-state index contributed by atoms with van der Waals surface area (Å²) < 4.78 is 70.0. The molecule has 0 fully saturated rings. The van der Waals surface area contributed by atoms with Crippen molar-refractivity contribution in [2.75, 3.05) is 12.4 Å². The number of aryl methyl sites for hydroxylation is 2. The Bertz CT molecular complexity index is 980. The lowest BCUT2D eigenvalue weighted by molar-refractivity contribution is -0.213. The molecule has 0 bridgehead atoms. The summed E-state index contributed by atoms with van der Waals surface area (Å²) in [5.41, 5.74) is -0.103. The van der Waals surface area contributed by atoms with E-state index in [0.717, 1.165) is 6.07 Å². The average molecular weight is 418 g/mol. The van der Waals surface area contributed by atoms with Crippen LogP contribution in [0.15, 0.2) is 33.6 Å². The van der Waals surface area contributed by atoms with Crippen molar-refractivity contribution in [3.63, 3.8) is 0 Å². The Morgan fingerprint density at radius 1 is 1.25 bits per heavy atom. The molecule has 1 aromatic heterocycles. The Morgan fingerprint density at radius 2 is 1.93 bits per heavy atom. The highest BCUT2D eigenvalue weighted by Gasteiger charge is 2.28. The third-order valence-corrected chi connectivity index (χ3v) is 4.62. The van der Waals surface area contributed by atoms with Crippen molar-refractivity contribution in [3.8, 4) is 6.01 Å². The summed E-state index contributed by atoms with van der Waals surface area (Å²) in [6, 6.07) is 3.59. The Kier molecular flexibility index (Phi) is 6.38. The topological polar surface area (TPSA) is 129 Å². The van der Waals surface area contributed by atoms with Gasteiger partial charge in [0, 0.05) is 6.42 Å². The first kappa shape index (κ1) is 21.3. The van der Waals surface area contributed by atoms with E-state index in [-0.39, 0.29) is 23.3 Å². The van der Waals surface area contributed by atoms with E-state index >= 15 is 0 Å². The zero-order valence-corrected chi connectivity index (χ0v) is 15.5. The van der Waals surface area contributed by atoms with E-state index in [9.17, 15) is 26.7 Å². The predicted molar refractivity (Wildman–Crippen MR) is 90.2 cm³/mol. The molecule has 0 aliphatic heterocycles. The Morgan fingerprint density at radius 3 is 2.57 bits per heavy atom. The lowest BCUT2D eigenvalue weighted by Gasteiger charge is -2.14. The smallest absolute Gasteiger partial charge is 0.389 e. The molecule has 0 spiro atoms. The number of aromatic nitrogens is 3. The molecule has 0 aliphatic rings. The lowest BCUT2D eigenvalue weighted by Crippen LogP contribution is -2.29. The van der Waals surface area contributed by atoms with Crippen LogP contribution in [0.4, 0.5) is 19.1 Å². The quantitative estimate of drug-likeness (QED) is 0.547. The summed E-state index contributed by atoms with van der Waals surface area (Å²) in [7, 11) is -3.28. The van der Waals surface area contributed by atoms with Crippen LogP contribution in [-0.4, -0.2) is 42.7 Å². The molecular formula is C15H15F3N5O4S-. The van der Waals surface area contributed by atoms with Crippen molar-refractivity contribution in [1.82, 2.24) is 15.0 Å². The van der Waals surface area contributed by atoms with E-state index in [1.54, 1.807) is 0 Å². The van der Waals surface area contributed by atoms with Gasteiger partial charge in [0.25, 0.3) is 10.0 Å². The Balaban J connectivity index is 2.28. The minimum Gasteiger partial charge on any atom is -0.845 e. The van der Waals surface area contributed by atoms with E-state index in [1.165, 1.54) is 32.2 Å². The van der Waals surface area contributed by atoms with E-state index in [2.05, 4.69) is 24.7 Å². The van der Waals surface area contributed by atoms with Crippen LogP contribution in [0.5, 0.6) is 6.01 Å². The molecular weight excluding hydrogens is 403 g/mol. The van der Waals surface area contributed by atoms with Gasteiger partial charge in [-0.25, -0.2) is 0 Å². The number of ether oxygens (including phenoxy) is 1. The highest BCUT2D eigenvalue weighted by molar-refractivity contribution is 7.90. The number of alkyl halides is 3. The number of anilines is 1. The molecule has 0 saturated carbocycles. The van der Waals surface area contributed by atoms with Crippen molar-refractivity contribution >= 4 is 22.0 Å². The van der Waals surface area contributed by atoms with Crippen LogP contribution in [0.25, 0.3) is 0 Å². The van der Waals surface area contributed by atoms with Gasteiger partial charge < -0.3 is 15.2 Å². The number of methoxy groups -OCH3 is 1. The second-order valence-electron chi connectivity index (χ2n) is 5.41. The van der Waals surface area contributed by atoms with Crippen LogP contribution in [0.1, 0.15) is 17.8 Å². The SMILES string of the molecule is COc1nc(C)nc(NC([O-])=NS(=O)(=O)c2ccccc2CCC(F)(F)F)n1. The van der Waals surface area contributed by atoms with Crippen LogP contribution >= 0.6 is 0 Å². The number of amidine groups is 1. The highest BCUT2D eigenvalue weighted by Crippen LogP contribution is 2.25. The van der Waals surface area contributed by atoms with Crippen molar-refractivity contribution in [1.29, 1.82) is 0 Å². The van der Waals surface area contributed by atoms with E-state index < -0.39 is 40.0 Å². The van der Waals surface area contributed by atoms with Crippen LogP contribution < -0.4 is 15.2 Å². The molecule has 0 unspecified atom stereocenters. The molecule has 0 aliphatic carbocycles. The van der Waals surface area contributed by atoms with Crippen LogP contribution in [0.3, 0.4) is 0 Å². The first-order valence-electron chi connectivity index (χ1n) is 7.70. The molecule has 0 saturated heterocycles. The maximum absolute atomic E-state index is 12.5. The van der Waals surface area contributed by atoms with Gasteiger partial charge in [-0.3, -0.25) is 0 Å². The third kappa shape index (κ3) is 6.04. The number of benzene rings is 1. The summed E-state index contributed by atoms with van der Waals surface area (Å²) >= 11 is 0. The van der Waals surface area contributed by atoms with Gasteiger partial charge in [0.1, 0.15) is 5.82 Å². The monoisotopic (exact) mass is 418 g/mol. The van der Waals surface area contributed by atoms with E-state index in [0.29, 0.717) is 0 Å². The van der Waals surface area contributed by atoms with Gasteiger partial charge in [-0.05, 0) is 25.0 Å². The van der Waals surface area contributed by atoms with Gasteiger partial charge in [-0.15, -0.1) is 0 Å². The fraction of sp³-hybridized carbons (Fsp3) is 0.333. The fourth-order valence-corrected chi connectivity index (χ4v) is 3.23. The molecule has 0 amide bonds. The standard InChI is InChI=1S/C15H16F3N5O4S/c1-9-19-12(22-14(20-9)27-2)21-13(24)23-28(25,26)11-6-4-3-5-10(11)7-8-15(16,17)18/h3-6H,7-8H2,1-2H3,(H2,19,20,21,22,23,24)/p-1. The number of hydrogen-bond acceptors (Lipinski definition) is 7. The van der Waals surface area contributed by atoms with Gasteiger partial charge in [0.05, 0.1) is 18.0 Å². The molecule has 1 heterocycles. The van der Waals surface area contributed by atoms with Crippen LogP contribution in [-0.2, 0) is 16.4 Å². The molecule has 2 aromatic rings. The van der Waals surface area contributed by atoms with Gasteiger partial charge >= 0.3 is 12.2 Å². The number of rotatable bonds is 6. The molecule has 13 heteroatoms. The van der Waals surface area contributed by atoms with Crippen molar-refractivity contribution in [2.24, 2.45) is 4.40 Å². The molecule has 1 aromatic carbocycles. The molecule has 28 heavy (non-hydrogen) atoms. The second-order valence-corrected chi connectivity index (χ2v) is 6.98. The molecule has 152 valence electrons. The predicted octanol–water partition coefficient (Wildman–Crippen LogP) is 1.20. The summed E-state index contributed by atoms with van der Waals surface area (Å²) in [6.07, 6.45) is -6.24. The Labute approximate surface area is 158 Å². The van der Waals surface area contributed by atoms with Crippen molar-refractivity contribution < 1.29 is 31.4 Å². The lowest BCUT2D eigenvalue weighted by atomic mass is 10.1. The Hall–Kier alpha value is -2.96. The normalized spacial score (nSPS) is 12.7. The number of halogens is 3. The molecule has 9 nitrogen and oxygen atoms in total.